The Kier molecular flexibility index (Phi) is 5.69. The minimum atomic E-state index is -0.881. The van der Waals surface area contributed by atoms with Crippen molar-refractivity contribution in [1.29, 1.82) is 0 Å². The summed E-state index contributed by atoms with van der Waals surface area (Å²) in [6, 6.07) is 12.4. The number of nitrogens with one attached hydrogen (secondary N) is 1. The zero-order chi connectivity index (χ0) is 20.1. The van der Waals surface area contributed by atoms with E-state index in [1.54, 1.807) is 24.3 Å². The molecule has 0 fully saturated rings. The number of nitrogens with zero attached hydrogens (tertiary/aromatic N) is 1. The Morgan fingerprint density at radius 2 is 1.93 bits per heavy atom. The molecule has 0 unspecified atom stereocenters. The van der Waals surface area contributed by atoms with Gasteiger partial charge >= 0.3 is 0 Å². The molecule has 1 amide bonds. The number of hydrogen-bond acceptors (Lipinski definition) is 4. The van der Waals surface area contributed by atoms with Crippen molar-refractivity contribution >= 4 is 11.6 Å². The molecule has 0 radical (unpaired) electrons. The first kappa shape index (κ1) is 19.1. The first-order chi connectivity index (χ1) is 13.5. The highest BCUT2D eigenvalue weighted by Gasteiger charge is 2.15. The number of ether oxygens (including phenoxy) is 1. The van der Waals surface area contributed by atoms with Gasteiger partial charge in [-0.1, -0.05) is 12.1 Å². The molecule has 0 saturated carbocycles. The Hall–Kier alpha value is -3.68. The molecule has 3 aromatic rings. The van der Waals surface area contributed by atoms with Crippen molar-refractivity contribution in [2.75, 3.05) is 12.4 Å². The second-order valence-corrected chi connectivity index (χ2v) is 5.76. The fourth-order valence-corrected chi connectivity index (χ4v) is 2.44. The SMILES string of the molecule is COc1cccc(COn2cccc(C(=O)Nc3cc(F)ccc3F)c2=O)c1. The number of benzene rings is 2. The van der Waals surface area contributed by atoms with Crippen LogP contribution in [0.5, 0.6) is 5.75 Å². The highest BCUT2D eigenvalue weighted by atomic mass is 19.1. The van der Waals surface area contributed by atoms with Crippen LogP contribution in [0, 0.1) is 11.6 Å². The number of methoxy groups -OCH3 is 1. The summed E-state index contributed by atoms with van der Waals surface area (Å²) in [5.74, 6) is -1.78. The summed E-state index contributed by atoms with van der Waals surface area (Å²) < 4.78 is 33.0. The highest BCUT2D eigenvalue weighted by molar-refractivity contribution is 6.04. The number of amides is 1. The fraction of sp³-hybridized carbons (Fsp3) is 0.100. The molecule has 2 aromatic carbocycles. The van der Waals surface area contributed by atoms with Crippen LogP contribution in [0.15, 0.2) is 65.6 Å². The Bertz CT molecular complexity index is 1070. The first-order valence-electron chi connectivity index (χ1n) is 8.22. The zero-order valence-corrected chi connectivity index (χ0v) is 14.8. The zero-order valence-electron chi connectivity index (χ0n) is 14.8. The summed E-state index contributed by atoms with van der Waals surface area (Å²) in [5, 5.41) is 2.18. The van der Waals surface area contributed by atoms with E-state index in [-0.39, 0.29) is 17.9 Å². The lowest BCUT2D eigenvalue weighted by atomic mass is 10.2. The Morgan fingerprint density at radius 1 is 1.11 bits per heavy atom. The molecular weight excluding hydrogens is 370 g/mol. The summed E-state index contributed by atoms with van der Waals surface area (Å²) in [7, 11) is 1.54. The summed E-state index contributed by atoms with van der Waals surface area (Å²) in [6.07, 6.45) is 1.35. The van der Waals surface area contributed by atoms with Crippen LogP contribution in [0.4, 0.5) is 14.5 Å². The van der Waals surface area contributed by atoms with Crippen molar-refractivity contribution in [3.8, 4) is 5.75 Å². The van der Waals surface area contributed by atoms with Crippen LogP contribution in [0.25, 0.3) is 0 Å². The Morgan fingerprint density at radius 3 is 2.71 bits per heavy atom. The van der Waals surface area contributed by atoms with Crippen LogP contribution in [0.1, 0.15) is 15.9 Å². The molecule has 0 bridgehead atoms. The average molecular weight is 386 g/mol. The number of aromatic nitrogens is 1. The van der Waals surface area contributed by atoms with E-state index in [1.165, 1.54) is 25.4 Å². The van der Waals surface area contributed by atoms with E-state index in [0.29, 0.717) is 5.75 Å². The Balaban J connectivity index is 1.77. The minimum Gasteiger partial charge on any atom is -0.497 e. The lowest BCUT2D eigenvalue weighted by Gasteiger charge is -2.11. The van der Waals surface area contributed by atoms with E-state index >= 15 is 0 Å². The predicted octanol–water partition coefficient (Wildman–Crippen LogP) is 3.02. The molecule has 3 rings (SSSR count). The maximum atomic E-state index is 13.7. The summed E-state index contributed by atoms with van der Waals surface area (Å²) in [4.78, 5) is 30.2. The van der Waals surface area contributed by atoms with Crippen molar-refractivity contribution in [3.63, 3.8) is 0 Å². The fourth-order valence-electron chi connectivity index (χ4n) is 2.44. The molecule has 0 spiro atoms. The maximum Gasteiger partial charge on any atom is 0.295 e. The van der Waals surface area contributed by atoms with Crippen molar-refractivity contribution in [2.45, 2.75) is 6.61 Å². The van der Waals surface area contributed by atoms with Crippen LogP contribution in [0.3, 0.4) is 0 Å². The lowest BCUT2D eigenvalue weighted by Crippen LogP contribution is -2.32. The topological polar surface area (TPSA) is 69.6 Å². The van der Waals surface area contributed by atoms with Crippen LogP contribution in [0.2, 0.25) is 0 Å². The molecule has 1 N–H and O–H groups in total. The van der Waals surface area contributed by atoms with E-state index in [4.69, 9.17) is 9.57 Å². The summed E-state index contributed by atoms with van der Waals surface area (Å²) in [6.45, 7) is 0.0563. The van der Waals surface area contributed by atoms with Crippen molar-refractivity contribution < 1.29 is 23.1 Å². The molecule has 1 aromatic heterocycles. The number of halogens is 2. The monoisotopic (exact) mass is 386 g/mol. The number of carbonyl (C=O) groups is 1. The van der Waals surface area contributed by atoms with E-state index in [9.17, 15) is 18.4 Å². The van der Waals surface area contributed by atoms with Crippen LogP contribution < -0.4 is 20.5 Å². The molecule has 0 aliphatic heterocycles. The number of anilines is 1. The highest BCUT2D eigenvalue weighted by Crippen LogP contribution is 2.16. The van der Waals surface area contributed by atoms with Crippen molar-refractivity contribution in [3.05, 3.63) is 93.9 Å². The molecule has 0 aliphatic rings. The summed E-state index contributed by atoms with van der Waals surface area (Å²) in [5.41, 5.74) is -0.628. The van der Waals surface area contributed by atoms with Gasteiger partial charge in [0.05, 0.1) is 12.8 Å². The van der Waals surface area contributed by atoms with E-state index in [2.05, 4.69) is 5.32 Å². The van der Waals surface area contributed by atoms with Gasteiger partial charge in [0.15, 0.2) is 0 Å². The number of rotatable bonds is 6. The first-order valence-corrected chi connectivity index (χ1v) is 8.22. The van der Waals surface area contributed by atoms with Gasteiger partial charge in [-0.25, -0.2) is 8.78 Å². The molecule has 28 heavy (non-hydrogen) atoms. The maximum absolute atomic E-state index is 13.7. The number of pyridine rings is 1. The number of hydrogen-bond donors (Lipinski definition) is 1. The van der Waals surface area contributed by atoms with Crippen LogP contribution >= 0.6 is 0 Å². The van der Waals surface area contributed by atoms with Crippen LogP contribution in [-0.4, -0.2) is 17.7 Å². The molecule has 1 heterocycles. The average Bonchev–Trinajstić information content (AvgIpc) is 2.70. The largest absolute Gasteiger partial charge is 0.497 e. The van der Waals surface area contributed by atoms with Gasteiger partial charge in [0, 0.05) is 12.3 Å². The molecule has 0 atom stereocenters. The smallest absolute Gasteiger partial charge is 0.295 e. The van der Waals surface area contributed by atoms with Gasteiger partial charge < -0.3 is 14.9 Å². The molecule has 6 nitrogen and oxygen atoms in total. The van der Waals surface area contributed by atoms with Gasteiger partial charge in [-0.3, -0.25) is 9.59 Å². The Labute approximate surface area is 158 Å². The molecular formula is C20H16F2N2O4. The molecule has 0 saturated heterocycles. The molecule has 144 valence electrons. The quantitative estimate of drug-likeness (QED) is 0.707. The third-order valence-electron chi connectivity index (χ3n) is 3.84. The minimum absolute atomic E-state index is 0.0563. The van der Waals surface area contributed by atoms with Gasteiger partial charge in [-0.2, -0.15) is 4.73 Å². The van der Waals surface area contributed by atoms with Gasteiger partial charge in [-0.15, -0.1) is 0 Å². The van der Waals surface area contributed by atoms with Gasteiger partial charge in [0.1, 0.15) is 29.6 Å². The normalized spacial score (nSPS) is 10.4. The second kappa shape index (κ2) is 8.34. The lowest BCUT2D eigenvalue weighted by molar-refractivity contribution is 0.0862. The van der Waals surface area contributed by atoms with Crippen molar-refractivity contribution in [1.82, 2.24) is 4.73 Å². The van der Waals surface area contributed by atoms with Gasteiger partial charge in [0.25, 0.3) is 11.5 Å². The van der Waals surface area contributed by atoms with E-state index < -0.39 is 23.1 Å². The van der Waals surface area contributed by atoms with Crippen LogP contribution in [-0.2, 0) is 6.61 Å². The molecule has 8 heteroatoms. The standard InChI is InChI=1S/C20H16F2N2O4/c1-27-15-5-2-4-13(10-15)12-28-24-9-3-6-16(20(24)26)19(25)23-18-11-14(21)7-8-17(18)22/h2-11H,12H2,1H3,(H,23,25). The molecule has 0 aliphatic carbocycles. The van der Waals surface area contributed by atoms with E-state index in [0.717, 1.165) is 28.5 Å². The number of carbonyl (C=O) groups excluding carboxylic acids is 1. The van der Waals surface area contributed by atoms with Crippen molar-refractivity contribution in [2.24, 2.45) is 0 Å². The third-order valence-corrected chi connectivity index (χ3v) is 3.84. The van der Waals surface area contributed by atoms with Gasteiger partial charge in [0.2, 0.25) is 0 Å². The van der Waals surface area contributed by atoms with E-state index in [1.807, 2.05) is 0 Å². The third kappa shape index (κ3) is 4.35. The second-order valence-electron chi connectivity index (χ2n) is 5.76. The summed E-state index contributed by atoms with van der Waals surface area (Å²) >= 11 is 0. The van der Waals surface area contributed by atoms with Gasteiger partial charge in [-0.05, 0) is 42.0 Å². The predicted molar refractivity (Wildman–Crippen MR) is 98.3 cm³/mol.